The van der Waals surface area contributed by atoms with E-state index < -0.39 is 53.9 Å². The van der Waals surface area contributed by atoms with Crippen LogP contribution in [0.5, 0.6) is 0 Å². The largest absolute Gasteiger partial charge is 0.478 e. The summed E-state index contributed by atoms with van der Waals surface area (Å²) in [6.07, 6.45) is -3.17. The number of halogens is 3. The third kappa shape index (κ3) is 11.1. The summed E-state index contributed by atoms with van der Waals surface area (Å²) in [5, 5.41) is 19.4. The molecule has 63 heavy (non-hydrogen) atoms. The van der Waals surface area contributed by atoms with Gasteiger partial charge in [-0.15, -0.1) is 0 Å². The summed E-state index contributed by atoms with van der Waals surface area (Å²) in [6.45, 7) is 3.35. The molecule has 2 heterocycles. The predicted octanol–water partition coefficient (Wildman–Crippen LogP) is 6.19. The Bertz CT molecular complexity index is 2510. The quantitative estimate of drug-likeness (QED) is 0.0627. The fourth-order valence-electron chi connectivity index (χ4n) is 7.94. The normalized spacial score (nSPS) is 15.0. The Balaban J connectivity index is 1.13. The number of nitrogens with one attached hydrogen (secondary N) is 3. The maximum absolute atomic E-state index is 14.1. The minimum Gasteiger partial charge on any atom is -0.478 e. The number of nitrogens with zero attached hydrogens (tertiary/aromatic N) is 2. The van der Waals surface area contributed by atoms with Crippen molar-refractivity contribution >= 4 is 40.6 Å². The van der Waals surface area contributed by atoms with Gasteiger partial charge in [-0.3, -0.25) is 24.0 Å². The Labute approximate surface area is 362 Å². The molecule has 0 bridgehead atoms. The highest BCUT2D eigenvalue weighted by molar-refractivity contribution is 6.09. The van der Waals surface area contributed by atoms with Crippen molar-refractivity contribution in [2.75, 3.05) is 33.2 Å². The van der Waals surface area contributed by atoms with Gasteiger partial charge in [-0.1, -0.05) is 48.5 Å². The molecule has 4 N–H and O–H groups in total. The lowest BCUT2D eigenvalue weighted by molar-refractivity contribution is -0.186. The van der Waals surface area contributed by atoms with E-state index in [1.54, 1.807) is 62.5 Å². The first kappa shape index (κ1) is 46.0. The van der Waals surface area contributed by atoms with E-state index in [-0.39, 0.29) is 61.3 Å². The molecule has 3 atom stereocenters. The number of carboxylic acid groups (broad SMARTS) is 1. The van der Waals surface area contributed by atoms with E-state index in [9.17, 15) is 47.0 Å². The van der Waals surface area contributed by atoms with Crippen LogP contribution in [0.4, 0.5) is 13.2 Å². The molecule has 0 saturated carbocycles. The zero-order valence-electron chi connectivity index (χ0n) is 35.2. The second-order valence-electron chi connectivity index (χ2n) is 15.8. The molecule has 0 radical (unpaired) electrons. The predicted molar refractivity (Wildman–Crippen MR) is 230 cm³/mol. The molecule has 3 aromatic rings. The smallest absolute Gasteiger partial charge is 0.471 e. The second-order valence-corrected chi connectivity index (χ2v) is 15.8. The average Bonchev–Trinajstić information content (AvgIpc) is 3.73. The Morgan fingerprint density at radius 1 is 0.952 bits per heavy atom. The van der Waals surface area contributed by atoms with Gasteiger partial charge in [-0.05, 0) is 106 Å². The lowest BCUT2D eigenvalue weighted by Gasteiger charge is -2.33. The number of likely N-dealkylation sites (N-methyl/N-ethyl adjacent to an activating group) is 1. The van der Waals surface area contributed by atoms with Gasteiger partial charge in [-0.2, -0.15) is 13.2 Å². The summed E-state index contributed by atoms with van der Waals surface area (Å²) < 4.78 is 47.3. The molecule has 13 nitrogen and oxygen atoms in total. The zero-order chi connectivity index (χ0) is 45.4. The van der Waals surface area contributed by atoms with Crippen molar-refractivity contribution in [3.63, 3.8) is 0 Å². The van der Waals surface area contributed by atoms with Gasteiger partial charge in [0.2, 0.25) is 11.8 Å². The number of amides is 4. The number of aromatic carboxylic acids is 1. The molecule has 0 unspecified atom stereocenters. The van der Waals surface area contributed by atoms with Gasteiger partial charge in [0.15, 0.2) is 5.43 Å². The van der Waals surface area contributed by atoms with Crippen molar-refractivity contribution in [1.82, 2.24) is 25.8 Å². The zero-order valence-corrected chi connectivity index (χ0v) is 35.2. The number of carbonyl (C=O) groups is 5. The van der Waals surface area contributed by atoms with Gasteiger partial charge in [0, 0.05) is 60.4 Å². The van der Waals surface area contributed by atoms with Crippen LogP contribution in [0, 0.1) is 6.92 Å². The van der Waals surface area contributed by atoms with Gasteiger partial charge in [0.1, 0.15) is 17.4 Å². The summed E-state index contributed by atoms with van der Waals surface area (Å²) in [5.41, 5.74) is 3.17. The average molecular weight is 870 g/mol. The summed E-state index contributed by atoms with van der Waals surface area (Å²) in [6, 6.07) is 20.6. The van der Waals surface area contributed by atoms with E-state index in [0.717, 1.165) is 16.0 Å². The molecular formula is C47H50F3N5O8. The van der Waals surface area contributed by atoms with Crippen molar-refractivity contribution in [1.29, 1.82) is 0 Å². The molecule has 0 spiro atoms. The number of hydrogen-bond acceptors (Lipinski definition) is 8. The molecule has 0 aromatic heterocycles. The number of carboxylic acids is 1. The van der Waals surface area contributed by atoms with Gasteiger partial charge in [0.05, 0.1) is 11.6 Å². The van der Waals surface area contributed by atoms with Gasteiger partial charge >= 0.3 is 18.1 Å². The molecule has 4 amide bonds. The maximum Gasteiger partial charge on any atom is 0.471 e. The SMILES string of the molecule is CN[C@@H](C)C(=O)N[C@@H](CCCCNC(=O)c1ccc(-c2c3ccc(=O)cc-3oc3cc(C)ccc23)c(C(=O)O)c1)C(=O)N1CCC[C@H]1CN(CCc1ccccc1)C(=O)C(F)(F)F. The van der Waals surface area contributed by atoms with Crippen LogP contribution >= 0.6 is 0 Å². The van der Waals surface area contributed by atoms with Crippen molar-refractivity contribution in [2.24, 2.45) is 0 Å². The van der Waals surface area contributed by atoms with E-state index in [2.05, 4.69) is 16.0 Å². The molecule has 3 aromatic carbocycles. The van der Waals surface area contributed by atoms with E-state index in [0.29, 0.717) is 53.3 Å². The number of fused-ring (bicyclic) bond motifs is 2. The van der Waals surface area contributed by atoms with Gasteiger partial charge in [0.25, 0.3) is 5.91 Å². The highest BCUT2D eigenvalue weighted by Crippen LogP contribution is 2.41. The number of rotatable bonds is 17. The first-order valence-electron chi connectivity index (χ1n) is 20.9. The number of unbranched alkanes of at least 4 members (excludes halogenated alkanes) is 1. The minimum absolute atomic E-state index is 0.0892. The first-order chi connectivity index (χ1) is 30.0. The van der Waals surface area contributed by atoms with Crippen LogP contribution in [0.25, 0.3) is 33.4 Å². The Kier molecular flexibility index (Phi) is 14.7. The molecule has 1 aliphatic carbocycles. The summed E-state index contributed by atoms with van der Waals surface area (Å²) in [5.74, 6) is -4.43. The number of alkyl halides is 3. The Morgan fingerprint density at radius 2 is 1.70 bits per heavy atom. The van der Waals surface area contributed by atoms with Crippen LogP contribution < -0.4 is 21.4 Å². The van der Waals surface area contributed by atoms with Crippen LogP contribution in [0.3, 0.4) is 0 Å². The third-order valence-electron chi connectivity index (χ3n) is 11.4. The number of carbonyl (C=O) groups excluding carboxylic acids is 4. The standard InChI is InChI=1S/C47H50F3N5O8/c1-28-14-17-35-39(24-28)63-40-26-33(56)16-19-36(40)41(35)34-18-15-31(25-37(34)45(60)61)43(58)52-21-8-7-13-38(53-42(57)29(2)51-3)44(59)55-22-9-12-32(55)27-54(46(62)47(48,49)50)23-20-30-10-5-4-6-11-30/h4-6,10-11,14-19,24-26,29,32,38,51H,7-9,12-13,20-23,27H2,1-3H3,(H,52,58)(H,53,57)(H,60,61)/t29-,32-,38-/m0/s1. The molecule has 16 heteroatoms. The molecule has 3 aliphatic rings. The molecule has 1 fully saturated rings. The minimum atomic E-state index is -5.10. The van der Waals surface area contributed by atoms with Crippen molar-refractivity contribution < 1.29 is 46.7 Å². The van der Waals surface area contributed by atoms with Crippen molar-refractivity contribution in [3.05, 3.63) is 117 Å². The number of aryl methyl sites for hydroxylation is 1. The van der Waals surface area contributed by atoms with Crippen LogP contribution in [-0.4, -0.2) is 102 Å². The number of benzene rings is 4. The number of likely N-dealkylation sites (tertiary alicyclic amines) is 1. The molecule has 1 saturated heterocycles. The highest BCUT2D eigenvalue weighted by atomic mass is 19.4. The second kappa shape index (κ2) is 20.1. The third-order valence-corrected chi connectivity index (χ3v) is 11.4. The summed E-state index contributed by atoms with van der Waals surface area (Å²) >= 11 is 0. The molecule has 332 valence electrons. The topological polar surface area (TPSA) is 178 Å². The van der Waals surface area contributed by atoms with E-state index in [4.69, 9.17) is 4.42 Å². The van der Waals surface area contributed by atoms with Crippen LogP contribution in [-0.2, 0) is 20.8 Å². The van der Waals surface area contributed by atoms with E-state index in [1.165, 1.54) is 29.2 Å². The fourth-order valence-corrected chi connectivity index (χ4v) is 7.94. The van der Waals surface area contributed by atoms with Gasteiger partial charge in [-0.25, -0.2) is 4.79 Å². The Hall–Kier alpha value is -6.55. The molecule has 2 aliphatic heterocycles. The van der Waals surface area contributed by atoms with Gasteiger partial charge < -0.3 is 35.3 Å². The number of hydrogen-bond donors (Lipinski definition) is 4. The van der Waals surface area contributed by atoms with E-state index in [1.807, 2.05) is 19.1 Å². The lowest BCUT2D eigenvalue weighted by atomic mass is 9.89. The molecule has 6 rings (SSSR count). The van der Waals surface area contributed by atoms with Crippen LogP contribution in [0.15, 0.2) is 94.1 Å². The monoisotopic (exact) mass is 869 g/mol. The maximum atomic E-state index is 14.1. The van der Waals surface area contributed by atoms with Crippen molar-refractivity contribution in [2.45, 2.75) is 76.7 Å². The molecular weight excluding hydrogens is 820 g/mol. The van der Waals surface area contributed by atoms with Crippen LogP contribution in [0.1, 0.15) is 70.9 Å². The summed E-state index contributed by atoms with van der Waals surface area (Å²) in [7, 11) is 1.59. The highest BCUT2D eigenvalue weighted by Gasteiger charge is 2.44. The van der Waals surface area contributed by atoms with Crippen molar-refractivity contribution in [3.8, 4) is 22.5 Å². The van der Waals surface area contributed by atoms with Crippen LogP contribution in [0.2, 0.25) is 0 Å². The Morgan fingerprint density at radius 3 is 2.41 bits per heavy atom. The lowest BCUT2D eigenvalue weighted by Crippen LogP contribution is -2.55. The summed E-state index contributed by atoms with van der Waals surface area (Å²) in [4.78, 5) is 80.2. The van der Waals surface area contributed by atoms with E-state index >= 15 is 0 Å². The fraction of sp³-hybridized carbons (Fsp3) is 0.362. The first-order valence-corrected chi connectivity index (χ1v) is 20.9.